The van der Waals surface area contributed by atoms with Gasteiger partial charge in [-0.2, -0.15) is 0 Å². The summed E-state index contributed by atoms with van der Waals surface area (Å²) in [5, 5.41) is 14.0. The molecule has 0 heterocycles. The lowest BCUT2D eigenvalue weighted by molar-refractivity contribution is -0.385. The fraction of sp³-hybridized carbons (Fsp3) is 0.538. The highest BCUT2D eigenvalue weighted by atomic mass is 32.2. The Morgan fingerprint density at radius 3 is 2.50 bits per heavy atom. The van der Waals surface area contributed by atoms with Gasteiger partial charge in [0.2, 0.25) is 0 Å². The molecule has 7 heteroatoms. The smallest absolute Gasteiger partial charge is 0.274 e. The molecule has 0 aromatic heterocycles. The van der Waals surface area contributed by atoms with Crippen LogP contribution in [0.4, 0.5) is 11.4 Å². The first-order chi connectivity index (χ1) is 9.29. The molecule has 1 aromatic carbocycles. The van der Waals surface area contributed by atoms with Gasteiger partial charge in [0.15, 0.2) is 9.84 Å². The van der Waals surface area contributed by atoms with Gasteiger partial charge in [0, 0.05) is 29.1 Å². The summed E-state index contributed by atoms with van der Waals surface area (Å²) in [5.41, 5.74) is 1.28. The zero-order valence-electron chi connectivity index (χ0n) is 11.9. The number of anilines is 1. The lowest BCUT2D eigenvalue weighted by atomic mass is 10.1. The molecule has 112 valence electrons. The summed E-state index contributed by atoms with van der Waals surface area (Å²) in [7, 11) is -3.07. The third kappa shape index (κ3) is 4.48. The number of nitro groups is 1. The van der Waals surface area contributed by atoms with Gasteiger partial charge in [0.25, 0.3) is 5.69 Å². The predicted molar refractivity (Wildman–Crippen MR) is 79.9 cm³/mol. The van der Waals surface area contributed by atoms with Crippen molar-refractivity contribution in [3.05, 3.63) is 33.9 Å². The molecule has 0 amide bonds. The van der Waals surface area contributed by atoms with Crippen molar-refractivity contribution in [3.8, 4) is 0 Å². The Morgan fingerprint density at radius 2 is 2.00 bits per heavy atom. The molecule has 20 heavy (non-hydrogen) atoms. The Kier molecular flexibility index (Phi) is 5.50. The van der Waals surface area contributed by atoms with E-state index in [1.807, 2.05) is 6.92 Å². The van der Waals surface area contributed by atoms with Gasteiger partial charge in [-0.3, -0.25) is 10.1 Å². The second-order valence-electron chi connectivity index (χ2n) is 4.70. The van der Waals surface area contributed by atoms with E-state index < -0.39 is 14.8 Å². The normalized spacial score (nSPS) is 12.9. The van der Waals surface area contributed by atoms with E-state index in [4.69, 9.17) is 0 Å². The first kappa shape index (κ1) is 16.4. The highest BCUT2D eigenvalue weighted by Gasteiger charge is 2.16. The number of rotatable bonds is 7. The van der Waals surface area contributed by atoms with E-state index in [0.29, 0.717) is 17.7 Å². The standard InChI is InChI=1S/C13H20N2O4S/c1-4-11-6-7-12(8-13(11)15(16)17)14-10(3)9-20(18,19)5-2/h6-8,10,14H,4-5,9H2,1-3H3. The van der Waals surface area contributed by atoms with Crippen molar-refractivity contribution in [1.82, 2.24) is 0 Å². The number of nitro benzene ring substituents is 1. The highest BCUT2D eigenvalue weighted by molar-refractivity contribution is 7.91. The summed E-state index contributed by atoms with van der Waals surface area (Å²) in [5.74, 6) is 0.0980. The molecule has 1 N–H and O–H groups in total. The molecule has 1 atom stereocenters. The number of benzene rings is 1. The van der Waals surface area contributed by atoms with Crippen molar-refractivity contribution < 1.29 is 13.3 Å². The Labute approximate surface area is 119 Å². The number of aryl methyl sites for hydroxylation is 1. The zero-order chi connectivity index (χ0) is 15.3. The van der Waals surface area contributed by atoms with Crippen LogP contribution in [0.25, 0.3) is 0 Å². The van der Waals surface area contributed by atoms with E-state index >= 15 is 0 Å². The summed E-state index contributed by atoms with van der Waals surface area (Å²) >= 11 is 0. The van der Waals surface area contributed by atoms with Crippen LogP contribution >= 0.6 is 0 Å². The van der Waals surface area contributed by atoms with Gasteiger partial charge < -0.3 is 5.32 Å². The minimum absolute atomic E-state index is 0.00677. The van der Waals surface area contributed by atoms with E-state index in [1.54, 1.807) is 26.0 Å². The van der Waals surface area contributed by atoms with E-state index in [-0.39, 0.29) is 23.2 Å². The fourth-order valence-corrected chi connectivity index (χ4v) is 3.03. The molecule has 1 aromatic rings. The Hall–Kier alpha value is -1.63. The summed E-state index contributed by atoms with van der Waals surface area (Å²) in [6.45, 7) is 5.20. The quantitative estimate of drug-likeness (QED) is 0.617. The topological polar surface area (TPSA) is 89.3 Å². The molecule has 0 saturated heterocycles. The van der Waals surface area contributed by atoms with Crippen molar-refractivity contribution in [2.45, 2.75) is 33.2 Å². The van der Waals surface area contributed by atoms with E-state index in [0.717, 1.165) is 0 Å². The van der Waals surface area contributed by atoms with Crippen LogP contribution in [0.15, 0.2) is 18.2 Å². The van der Waals surface area contributed by atoms with Crippen molar-refractivity contribution in [1.29, 1.82) is 0 Å². The number of nitrogens with one attached hydrogen (secondary N) is 1. The van der Waals surface area contributed by atoms with Crippen molar-refractivity contribution in [2.75, 3.05) is 16.8 Å². The minimum Gasteiger partial charge on any atom is -0.381 e. The number of hydrogen-bond acceptors (Lipinski definition) is 5. The predicted octanol–water partition coefficient (Wildman–Crippen LogP) is 2.39. The summed E-state index contributed by atoms with van der Waals surface area (Å²) in [6, 6.07) is 4.59. The Balaban J connectivity index is 2.88. The third-order valence-electron chi connectivity index (χ3n) is 3.02. The molecule has 0 aliphatic carbocycles. The van der Waals surface area contributed by atoms with Gasteiger partial charge in [0.05, 0.1) is 10.7 Å². The molecule has 6 nitrogen and oxygen atoms in total. The number of hydrogen-bond donors (Lipinski definition) is 1. The van der Waals surface area contributed by atoms with Gasteiger partial charge in [-0.15, -0.1) is 0 Å². The van der Waals surface area contributed by atoms with Crippen LogP contribution in [0.3, 0.4) is 0 Å². The second kappa shape index (κ2) is 6.69. The monoisotopic (exact) mass is 300 g/mol. The van der Waals surface area contributed by atoms with E-state index in [2.05, 4.69) is 5.32 Å². The Bertz CT molecular complexity index is 584. The fourth-order valence-electron chi connectivity index (χ4n) is 1.95. The first-order valence-corrected chi connectivity index (χ1v) is 8.35. The molecule has 0 bridgehead atoms. The van der Waals surface area contributed by atoms with Crippen LogP contribution in [0.1, 0.15) is 26.3 Å². The SMILES string of the molecule is CCc1ccc(NC(C)CS(=O)(=O)CC)cc1[N+](=O)[O-]. The maximum atomic E-state index is 11.5. The minimum atomic E-state index is -3.07. The van der Waals surface area contributed by atoms with Crippen LogP contribution in [-0.4, -0.2) is 30.9 Å². The molecule has 1 unspecified atom stereocenters. The summed E-state index contributed by atoms with van der Waals surface area (Å²) < 4.78 is 23.1. The highest BCUT2D eigenvalue weighted by Crippen LogP contribution is 2.24. The molecule has 1 rings (SSSR count). The van der Waals surface area contributed by atoms with Gasteiger partial charge >= 0.3 is 0 Å². The zero-order valence-corrected chi connectivity index (χ0v) is 12.7. The maximum Gasteiger partial charge on any atom is 0.274 e. The van der Waals surface area contributed by atoms with Crippen molar-refractivity contribution >= 4 is 21.2 Å². The van der Waals surface area contributed by atoms with Gasteiger partial charge in [0.1, 0.15) is 0 Å². The summed E-state index contributed by atoms with van der Waals surface area (Å²) in [4.78, 5) is 10.6. The largest absolute Gasteiger partial charge is 0.381 e. The maximum absolute atomic E-state index is 11.5. The number of nitrogens with zero attached hydrogens (tertiary/aromatic N) is 1. The third-order valence-corrected chi connectivity index (χ3v) is 4.91. The Morgan fingerprint density at radius 1 is 1.35 bits per heavy atom. The molecular weight excluding hydrogens is 280 g/mol. The van der Waals surface area contributed by atoms with E-state index in [9.17, 15) is 18.5 Å². The van der Waals surface area contributed by atoms with Crippen molar-refractivity contribution in [3.63, 3.8) is 0 Å². The van der Waals surface area contributed by atoms with Crippen LogP contribution in [0.2, 0.25) is 0 Å². The average Bonchev–Trinajstić information content (AvgIpc) is 2.37. The number of sulfone groups is 1. The first-order valence-electron chi connectivity index (χ1n) is 6.53. The molecule has 0 aliphatic rings. The average molecular weight is 300 g/mol. The lowest BCUT2D eigenvalue weighted by Gasteiger charge is -2.15. The van der Waals surface area contributed by atoms with Crippen LogP contribution < -0.4 is 5.32 Å². The molecule has 0 radical (unpaired) electrons. The molecule has 0 fully saturated rings. The molecule has 0 saturated carbocycles. The summed E-state index contributed by atoms with van der Waals surface area (Å²) in [6.07, 6.45) is 0.580. The second-order valence-corrected chi connectivity index (χ2v) is 7.10. The lowest BCUT2D eigenvalue weighted by Crippen LogP contribution is -2.26. The van der Waals surface area contributed by atoms with Gasteiger partial charge in [-0.05, 0) is 19.4 Å². The van der Waals surface area contributed by atoms with E-state index in [1.165, 1.54) is 6.07 Å². The van der Waals surface area contributed by atoms with Crippen LogP contribution in [0, 0.1) is 10.1 Å². The van der Waals surface area contributed by atoms with Crippen LogP contribution in [-0.2, 0) is 16.3 Å². The molecule has 0 spiro atoms. The van der Waals surface area contributed by atoms with Gasteiger partial charge in [-0.25, -0.2) is 8.42 Å². The van der Waals surface area contributed by atoms with Gasteiger partial charge in [-0.1, -0.05) is 19.9 Å². The van der Waals surface area contributed by atoms with Crippen molar-refractivity contribution in [2.24, 2.45) is 0 Å². The molecule has 0 aliphatic heterocycles. The molecular formula is C13H20N2O4S. The van der Waals surface area contributed by atoms with Crippen LogP contribution in [0.5, 0.6) is 0 Å².